The zero-order chi connectivity index (χ0) is 24.0. The van der Waals surface area contributed by atoms with Gasteiger partial charge in [0.05, 0.1) is 5.56 Å². The van der Waals surface area contributed by atoms with Crippen LogP contribution in [0.15, 0.2) is 66.4 Å². The van der Waals surface area contributed by atoms with Gasteiger partial charge in [-0.25, -0.2) is 0 Å². The Labute approximate surface area is 201 Å². The van der Waals surface area contributed by atoms with Crippen molar-refractivity contribution in [3.63, 3.8) is 0 Å². The summed E-state index contributed by atoms with van der Waals surface area (Å²) in [7, 11) is 0. The predicted molar refractivity (Wildman–Crippen MR) is 135 cm³/mol. The molecule has 0 amide bonds. The van der Waals surface area contributed by atoms with Crippen molar-refractivity contribution in [3.05, 3.63) is 99.8 Å². The molecule has 0 fully saturated rings. The van der Waals surface area contributed by atoms with Crippen LogP contribution in [0.25, 0.3) is 6.08 Å². The number of carbonyl (C=O) groups excluding carboxylic acids is 1. The van der Waals surface area contributed by atoms with E-state index in [1.807, 2.05) is 37.3 Å². The van der Waals surface area contributed by atoms with Gasteiger partial charge in [-0.1, -0.05) is 75.4 Å². The van der Waals surface area contributed by atoms with E-state index < -0.39 is 0 Å². The number of allylic oxidation sites excluding steroid dienone is 1. The van der Waals surface area contributed by atoms with Crippen LogP contribution in [-0.2, 0) is 12.0 Å². The number of ether oxygens (including phenoxy) is 2. The third-order valence-corrected chi connectivity index (χ3v) is 6.87. The lowest BCUT2D eigenvalue weighted by atomic mass is 9.86. The van der Waals surface area contributed by atoms with Crippen LogP contribution in [0.3, 0.4) is 0 Å². The maximum Gasteiger partial charge on any atom is 0.231 e. The molecule has 0 radical (unpaired) electrons. The first-order valence-corrected chi connectivity index (χ1v) is 11.9. The Balaban J connectivity index is 1.41. The van der Waals surface area contributed by atoms with E-state index in [-0.39, 0.29) is 17.2 Å². The number of Topliss-reactive ketones (excluding diaryl/α,β-unsaturated/α-hetero) is 1. The number of hydrogen-bond donors (Lipinski definition) is 0. The minimum Gasteiger partial charge on any atom is -0.477 e. The van der Waals surface area contributed by atoms with Gasteiger partial charge in [-0.2, -0.15) is 0 Å². The Morgan fingerprint density at radius 1 is 1.00 bits per heavy atom. The standard InChI is InChI=1S/C30H31NO3/c1-19-28-23(17-31(18-33-28)20(2)22-9-7-6-8-10-22)16-25-27(32)26(34-29(19)25)15-21-11-13-24(14-12-21)30(3,4)5/h6-16,20H,17-18H2,1-5H3/b26-15-. The van der Waals surface area contributed by atoms with E-state index in [1.54, 1.807) is 0 Å². The molecule has 0 saturated heterocycles. The summed E-state index contributed by atoms with van der Waals surface area (Å²) < 4.78 is 12.3. The fourth-order valence-corrected chi connectivity index (χ4v) is 4.69. The first-order valence-electron chi connectivity index (χ1n) is 11.9. The van der Waals surface area contributed by atoms with Gasteiger partial charge >= 0.3 is 0 Å². The van der Waals surface area contributed by atoms with E-state index in [0.717, 1.165) is 29.0 Å². The van der Waals surface area contributed by atoms with Crippen LogP contribution in [0.2, 0.25) is 0 Å². The summed E-state index contributed by atoms with van der Waals surface area (Å²) in [5.41, 5.74) is 6.07. The summed E-state index contributed by atoms with van der Waals surface area (Å²) >= 11 is 0. The van der Waals surface area contributed by atoms with Gasteiger partial charge in [0.15, 0.2) is 5.76 Å². The first-order chi connectivity index (χ1) is 16.2. The van der Waals surface area contributed by atoms with Crippen molar-refractivity contribution in [1.29, 1.82) is 0 Å². The topological polar surface area (TPSA) is 38.8 Å². The fourth-order valence-electron chi connectivity index (χ4n) is 4.69. The molecule has 34 heavy (non-hydrogen) atoms. The van der Waals surface area contributed by atoms with Gasteiger partial charge in [-0.15, -0.1) is 0 Å². The van der Waals surface area contributed by atoms with Crippen LogP contribution in [0.5, 0.6) is 11.5 Å². The maximum absolute atomic E-state index is 13.3. The molecule has 0 N–H and O–H groups in total. The lowest BCUT2D eigenvalue weighted by Gasteiger charge is -2.34. The van der Waals surface area contributed by atoms with Crippen molar-refractivity contribution in [2.75, 3.05) is 6.73 Å². The molecule has 3 aromatic carbocycles. The Hall–Kier alpha value is -3.37. The van der Waals surface area contributed by atoms with Gasteiger partial charge in [-0.3, -0.25) is 9.69 Å². The summed E-state index contributed by atoms with van der Waals surface area (Å²) in [4.78, 5) is 15.5. The van der Waals surface area contributed by atoms with E-state index >= 15 is 0 Å². The number of rotatable bonds is 3. The summed E-state index contributed by atoms with van der Waals surface area (Å²) in [6.07, 6.45) is 1.83. The van der Waals surface area contributed by atoms with Crippen LogP contribution >= 0.6 is 0 Å². The van der Waals surface area contributed by atoms with Crippen LogP contribution in [0.1, 0.15) is 71.9 Å². The third kappa shape index (κ3) is 4.03. The molecular weight excluding hydrogens is 422 g/mol. The molecule has 1 atom stereocenters. The van der Waals surface area contributed by atoms with Crippen molar-refractivity contribution >= 4 is 11.9 Å². The molecule has 0 bridgehead atoms. The highest BCUT2D eigenvalue weighted by Crippen LogP contribution is 2.44. The Morgan fingerprint density at radius 3 is 2.38 bits per heavy atom. The molecule has 4 heteroatoms. The smallest absolute Gasteiger partial charge is 0.231 e. The second-order valence-corrected chi connectivity index (χ2v) is 10.3. The van der Waals surface area contributed by atoms with Crippen molar-refractivity contribution in [3.8, 4) is 11.5 Å². The van der Waals surface area contributed by atoms with Crippen molar-refractivity contribution in [2.45, 2.75) is 52.6 Å². The second-order valence-electron chi connectivity index (χ2n) is 10.3. The van der Waals surface area contributed by atoms with E-state index in [0.29, 0.717) is 23.8 Å². The molecule has 2 aliphatic heterocycles. The Kier molecular flexibility index (Phi) is 5.57. The van der Waals surface area contributed by atoms with E-state index in [2.05, 4.69) is 69.0 Å². The maximum atomic E-state index is 13.3. The molecule has 2 aliphatic rings. The largest absolute Gasteiger partial charge is 0.477 e. The van der Waals surface area contributed by atoms with Crippen LogP contribution in [0.4, 0.5) is 0 Å². The zero-order valence-electron chi connectivity index (χ0n) is 20.5. The molecule has 5 rings (SSSR count). The summed E-state index contributed by atoms with van der Waals surface area (Å²) in [5.74, 6) is 1.73. The van der Waals surface area contributed by atoms with E-state index in [4.69, 9.17) is 9.47 Å². The lowest BCUT2D eigenvalue weighted by molar-refractivity contribution is 0.0609. The molecule has 0 aromatic heterocycles. The number of carbonyl (C=O) groups is 1. The minimum absolute atomic E-state index is 0.0750. The summed E-state index contributed by atoms with van der Waals surface area (Å²) in [6, 6.07) is 20.9. The molecule has 3 aromatic rings. The molecule has 174 valence electrons. The molecule has 0 spiro atoms. The number of nitrogens with zero attached hydrogens (tertiary/aromatic N) is 1. The Bertz CT molecular complexity index is 1270. The molecule has 2 heterocycles. The highest BCUT2D eigenvalue weighted by atomic mass is 16.5. The Morgan fingerprint density at radius 2 is 1.71 bits per heavy atom. The molecular formula is C30H31NO3. The predicted octanol–water partition coefficient (Wildman–Crippen LogP) is 6.82. The SMILES string of the molecule is Cc1c2c(cc3c1O/C(=C\c1ccc(C(C)(C)C)cc1)C3=O)CN(C(C)c1ccccc1)CO2. The molecule has 0 saturated carbocycles. The summed E-state index contributed by atoms with van der Waals surface area (Å²) in [6.45, 7) is 11.9. The molecule has 1 unspecified atom stereocenters. The average molecular weight is 454 g/mol. The highest BCUT2D eigenvalue weighted by Gasteiger charge is 2.34. The van der Waals surface area contributed by atoms with Crippen LogP contribution in [0, 0.1) is 6.92 Å². The van der Waals surface area contributed by atoms with Crippen LogP contribution in [-0.4, -0.2) is 17.4 Å². The van der Waals surface area contributed by atoms with Gasteiger partial charge in [0.25, 0.3) is 0 Å². The number of hydrogen-bond acceptors (Lipinski definition) is 4. The van der Waals surface area contributed by atoms with Gasteiger partial charge in [0.1, 0.15) is 18.2 Å². The van der Waals surface area contributed by atoms with E-state index in [1.165, 1.54) is 11.1 Å². The highest BCUT2D eigenvalue weighted by molar-refractivity contribution is 6.15. The molecule has 0 aliphatic carbocycles. The van der Waals surface area contributed by atoms with Gasteiger partial charge < -0.3 is 9.47 Å². The van der Waals surface area contributed by atoms with Crippen molar-refractivity contribution in [1.82, 2.24) is 4.90 Å². The average Bonchev–Trinajstić information content (AvgIpc) is 3.14. The quantitative estimate of drug-likeness (QED) is 0.408. The van der Waals surface area contributed by atoms with Gasteiger partial charge in [-0.05, 0) is 48.1 Å². The fraction of sp³-hybridized carbons (Fsp3) is 0.300. The van der Waals surface area contributed by atoms with Crippen molar-refractivity contribution in [2.24, 2.45) is 0 Å². The third-order valence-electron chi connectivity index (χ3n) is 6.87. The number of benzene rings is 3. The van der Waals surface area contributed by atoms with E-state index in [9.17, 15) is 4.79 Å². The second kappa shape index (κ2) is 8.44. The lowest BCUT2D eigenvalue weighted by Crippen LogP contribution is -2.34. The normalized spacial score (nSPS) is 17.7. The number of fused-ring (bicyclic) bond motifs is 2. The zero-order valence-corrected chi connectivity index (χ0v) is 20.5. The van der Waals surface area contributed by atoms with Gasteiger partial charge in [0, 0.05) is 23.7 Å². The first kappa shape index (κ1) is 22.4. The number of ketones is 1. The monoisotopic (exact) mass is 453 g/mol. The van der Waals surface area contributed by atoms with Crippen molar-refractivity contribution < 1.29 is 14.3 Å². The molecule has 4 nitrogen and oxygen atoms in total. The summed E-state index contributed by atoms with van der Waals surface area (Å²) in [5, 5.41) is 0. The van der Waals surface area contributed by atoms with Gasteiger partial charge in [0.2, 0.25) is 5.78 Å². The minimum atomic E-state index is -0.0750. The van der Waals surface area contributed by atoms with Crippen LogP contribution < -0.4 is 9.47 Å².